The lowest BCUT2D eigenvalue weighted by atomic mass is 10.2. The second kappa shape index (κ2) is 6.83. The van der Waals surface area contributed by atoms with Crippen molar-refractivity contribution in [2.24, 2.45) is 5.92 Å². The summed E-state index contributed by atoms with van der Waals surface area (Å²) in [6.45, 7) is 7.14. The van der Waals surface area contributed by atoms with Crippen LogP contribution in [0.1, 0.15) is 29.2 Å². The van der Waals surface area contributed by atoms with Gasteiger partial charge in [0.2, 0.25) is 0 Å². The third-order valence-electron chi connectivity index (χ3n) is 3.83. The fourth-order valence-electron chi connectivity index (χ4n) is 2.67. The molecule has 0 spiro atoms. The second-order valence-electron chi connectivity index (χ2n) is 6.34. The molecule has 2 aromatic rings. The van der Waals surface area contributed by atoms with Gasteiger partial charge >= 0.3 is 12.0 Å². The second-order valence-corrected chi connectivity index (χ2v) is 7.37. The zero-order chi connectivity index (χ0) is 18.1. The molecule has 3 rings (SSSR count). The van der Waals surface area contributed by atoms with E-state index in [0.29, 0.717) is 23.9 Å². The Kier molecular flexibility index (Phi) is 4.76. The normalized spacial score (nSPS) is 14.4. The molecule has 25 heavy (non-hydrogen) atoms. The van der Waals surface area contributed by atoms with Gasteiger partial charge in [0.1, 0.15) is 9.71 Å². The largest absolute Gasteiger partial charge is 0.451 e. The van der Waals surface area contributed by atoms with Gasteiger partial charge in [0.05, 0.1) is 5.69 Å². The number of hydrogen-bond acceptors (Lipinski definition) is 6. The lowest BCUT2D eigenvalue weighted by Gasteiger charge is -2.11. The van der Waals surface area contributed by atoms with E-state index < -0.39 is 24.5 Å². The van der Waals surface area contributed by atoms with Gasteiger partial charge in [-0.1, -0.05) is 13.8 Å². The number of aryl methyl sites for hydroxylation is 1. The summed E-state index contributed by atoms with van der Waals surface area (Å²) in [6, 6.07) is 1.29. The topological polar surface area (TPSA) is 93.5 Å². The molecule has 0 aliphatic carbocycles. The number of hydrogen-bond donors (Lipinski definition) is 1. The molecule has 1 aliphatic rings. The van der Waals surface area contributed by atoms with Crippen molar-refractivity contribution in [2.75, 3.05) is 19.7 Å². The number of thiophene rings is 1. The molecule has 3 amide bonds. The molecule has 1 N–H and O–H groups in total. The molecule has 0 atom stereocenters. The molecule has 3 heterocycles. The molecule has 1 fully saturated rings. The molecule has 2 aromatic heterocycles. The highest BCUT2D eigenvalue weighted by Gasteiger charge is 2.27. The van der Waals surface area contributed by atoms with E-state index >= 15 is 0 Å². The number of rotatable bonds is 5. The number of fused-ring (bicyclic) bond motifs is 1. The van der Waals surface area contributed by atoms with Crippen LogP contribution >= 0.6 is 11.3 Å². The average Bonchev–Trinajstić information content (AvgIpc) is 3.22. The third-order valence-corrected chi connectivity index (χ3v) is 4.96. The molecular formula is C16H20N4O4S. The van der Waals surface area contributed by atoms with Crippen LogP contribution in [0, 0.1) is 12.8 Å². The molecule has 0 radical (unpaired) electrons. The van der Waals surface area contributed by atoms with E-state index in [-0.39, 0.29) is 0 Å². The van der Waals surface area contributed by atoms with Crippen LogP contribution in [0.4, 0.5) is 4.79 Å². The van der Waals surface area contributed by atoms with E-state index in [0.717, 1.165) is 27.4 Å². The zero-order valence-corrected chi connectivity index (χ0v) is 15.2. The van der Waals surface area contributed by atoms with Crippen LogP contribution < -0.4 is 5.32 Å². The molecular weight excluding hydrogens is 344 g/mol. The number of carbonyl (C=O) groups is 3. The summed E-state index contributed by atoms with van der Waals surface area (Å²) in [5, 5.41) is 7.94. The highest BCUT2D eigenvalue weighted by molar-refractivity contribution is 7.20. The van der Waals surface area contributed by atoms with E-state index in [1.807, 2.05) is 11.6 Å². The number of nitrogens with zero attached hydrogens (tertiary/aromatic N) is 3. The third kappa shape index (κ3) is 3.51. The molecule has 0 saturated carbocycles. The van der Waals surface area contributed by atoms with Gasteiger partial charge in [-0.25, -0.2) is 9.59 Å². The first kappa shape index (κ1) is 17.4. The minimum absolute atomic E-state index is 0.294. The predicted octanol–water partition coefficient (Wildman–Crippen LogP) is 1.77. The minimum Gasteiger partial charge on any atom is -0.451 e. The van der Waals surface area contributed by atoms with Gasteiger partial charge in [-0.2, -0.15) is 5.10 Å². The lowest BCUT2D eigenvalue weighted by molar-refractivity contribution is -0.130. The van der Waals surface area contributed by atoms with Gasteiger partial charge in [-0.3, -0.25) is 14.4 Å². The quantitative estimate of drug-likeness (QED) is 0.816. The summed E-state index contributed by atoms with van der Waals surface area (Å²) >= 11 is 1.30. The smallest absolute Gasteiger partial charge is 0.348 e. The van der Waals surface area contributed by atoms with Crippen LogP contribution in [0.2, 0.25) is 0 Å². The maximum Gasteiger partial charge on any atom is 0.348 e. The van der Waals surface area contributed by atoms with E-state index in [9.17, 15) is 14.4 Å². The molecule has 9 heteroatoms. The van der Waals surface area contributed by atoms with Gasteiger partial charge in [0, 0.05) is 25.0 Å². The summed E-state index contributed by atoms with van der Waals surface area (Å²) in [5.41, 5.74) is 0.857. The molecule has 0 bridgehead atoms. The van der Waals surface area contributed by atoms with Crippen LogP contribution in [0.3, 0.4) is 0 Å². The number of carbonyl (C=O) groups excluding carboxylic acids is 3. The Morgan fingerprint density at radius 2 is 2.20 bits per heavy atom. The first-order chi connectivity index (χ1) is 11.9. The monoisotopic (exact) mass is 364 g/mol. The van der Waals surface area contributed by atoms with E-state index in [2.05, 4.69) is 24.3 Å². The maximum absolute atomic E-state index is 12.2. The Hall–Kier alpha value is -2.42. The summed E-state index contributed by atoms with van der Waals surface area (Å²) in [6.07, 6.45) is 0. The van der Waals surface area contributed by atoms with Crippen LogP contribution in [-0.2, 0) is 16.1 Å². The van der Waals surface area contributed by atoms with Crippen LogP contribution in [-0.4, -0.2) is 52.3 Å². The van der Waals surface area contributed by atoms with E-state index in [4.69, 9.17) is 4.74 Å². The Balaban J connectivity index is 1.70. The number of aromatic nitrogens is 2. The van der Waals surface area contributed by atoms with Crippen molar-refractivity contribution in [3.05, 3.63) is 16.6 Å². The Morgan fingerprint density at radius 3 is 2.84 bits per heavy atom. The number of nitrogens with one attached hydrogen (secondary N) is 1. The van der Waals surface area contributed by atoms with Gasteiger partial charge in [-0.15, -0.1) is 11.3 Å². The zero-order valence-electron chi connectivity index (χ0n) is 14.4. The lowest BCUT2D eigenvalue weighted by Crippen LogP contribution is -2.37. The van der Waals surface area contributed by atoms with Gasteiger partial charge in [0.15, 0.2) is 6.61 Å². The average molecular weight is 364 g/mol. The molecule has 0 unspecified atom stereocenters. The van der Waals surface area contributed by atoms with Gasteiger partial charge in [-0.05, 0) is 18.9 Å². The SMILES string of the molecule is Cc1nn(CC(C)C)c2sc(C(=O)OCC(=O)N3CCNC3=O)cc12. The van der Waals surface area contributed by atoms with Crippen molar-refractivity contribution in [3.8, 4) is 0 Å². The summed E-state index contributed by atoms with van der Waals surface area (Å²) in [7, 11) is 0. The molecule has 1 saturated heterocycles. The number of urea groups is 1. The number of ether oxygens (including phenoxy) is 1. The summed E-state index contributed by atoms with van der Waals surface area (Å²) < 4.78 is 6.98. The molecule has 134 valence electrons. The standard InChI is InChI=1S/C16H20N4O4S/c1-9(2)7-20-14-11(10(3)18-20)6-12(25-14)15(22)24-8-13(21)19-5-4-17-16(19)23/h6,9H,4-5,7-8H2,1-3H3,(H,17,23). The fourth-order valence-corrected chi connectivity index (χ4v) is 3.73. The van der Waals surface area contributed by atoms with Gasteiger partial charge in [0.25, 0.3) is 5.91 Å². The van der Waals surface area contributed by atoms with Crippen LogP contribution in [0.25, 0.3) is 10.2 Å². The molecule has 0 aromatic carbocycles. The van der Waals surface area contributed by atoms with Gasteiger partial charge < -0.3 is 10.1 Å². The molecule has 8 nitrogen and oxygen atoms in total. The molecule has 1 aliphatic heterocycles. The van der Waals surface area contributed by atoms with Crippen LogP contribution in [0.5, 0.6) is 0 Å². The van der Waals surface area contributed by atoms with Crippen molar-refractivity contribution in [3.63, 3.8) is 0 Å². The van der Waals surface area contributed by atoms with Crippen molar-refractivity contribution in [2.45, 2.75) is 27.3 Å². The first-order valence-electron chi connectivity index (χ1n) is 8.09. The summed E-state index contributed by atoms with van der Waals surface area (Å²) in [4.78, 5) is 38.0. The first-order valence-corrected chi connectivity index (χ1v) is 8.90. The van der Waals surface area contributed by atoms with E-state index in [1.54, 1.807) is 6.07 Å². The van der Waals surface area contributed by atoms with Crippen molar-refractivity contribution >= 4 is 39.5 Å². The summed E-state index contributed by atoms with van der Waals surface area (Å²) in [5.74, 6) is -0.652. The Labute approximate surface area is 148 Å². The highest BCUT2D eigenvalue weighted by Crippen LogP contribution is 2.29. The van der Waals surface area contributed by atoms with Crippen molar-refractivity contribution in [1.82, 2.24) is 20.0 Å². The highest BCUT2D eigenvalue weighted by atomic mass is 32.1. The fraction of sp³-hybridized carbons (Fsp3) is 0.500. The minimum atomic E-state index is -0.565. The van der Waals surface area contributed by atoms with Crippen molar-refractivity contribution < 1.29 is 19.1 Å². The predicted molar refractivity (Wildman–Crippen MR) is 92.6 cm³/mol. The number of imide groups is 1. The Bertz CT molecular complexity index is 839. The maximum atomic E-state index is 12.2. The number of amides is 3. The van der Waals surface area contributed by atoms with Crippen LogP contribution in [0.15, 0.2) is 6.07 Å². The van der Waals surface area contributed by atoms with E-state index in [1.165, 1.54) is 11.3 Å². The Morgan fingerprint density at radius 1 is 1.44 bits per heavy atom. The van der Waals surface area contributed by atoms with Crippen molar-refractivity contribution in [1.29, 1.82) is 0 Å². The number of esters is 1.